The second-order valence-electron chi connectivity index (χ2n) is 5.31. The molecular formula is C17H11FN2O4S. The molecule has 0 unspecified atom stereocenters. The number of nitriles is 1. The molecule has 8 heteroatoms. The number of halogens is 1. The van der Waals surface area contributed by atoms with Crippen LogP contribution in [0.1, 0.15) is 16.7 Å². The Kier molecular flexibility index (Phi) is 4.12. The SMILES string of the molecule is N#Cc1cccc(C2=C(c3ccc(S(N)(=O)=O)c(F)c3)COC2=O)c1. The van der Waals surface area contributed by atoms with Gasteiger partial charge in [0.05, 0.1) is 17.2 Å². The summed E-state index contributed by atoms with van der Waals surface area (Å²) < 4.78 is 41.8. The Labute approximate surface area is 143 Å². The number of hydrogen-bond donors (Lipinski definition) is 1. The summed E-state index contributed by atoms with van der Waals surface area (Å²) in [4.78, 5) is 11.5. The number of benzene rings is 2. The fraction of sp³-hybridized carbons (Fsp3) is 0.0588. The molecule has 126 valence electrons. The molecule has 2 N–H and O–H groups in total. The largest absolute Gasteiger partial charge is 0.457 e. The molecular weight excluding hydrogens is 347 g/mol. The first-order valence-electron chi connectivity index (χ1n) is 7.05. The van der Waals surface area contributed by atoms with Gasteiger partial charge in [0.25, 0.3) is 0 Å². The molecule has 2 aromatic rings. The summed E-state index contributed by atoms with van der Waals surface area (Å²) in [5, 5.41) is 13.9. The van der Waals surface area contributed by atoms with Crippen LogP contribution in [0.5, 0.6) is 0 Å². The van der Waals surface area contributed by atoms with E-state index in [1.165, 1.54) is 12.1 Å². The Hall–Kier alpha value is -3.02. The van der Waals surface area contributed by atoms with Gasteiger partial charge in [0.2, 0.25) is 10.0 Å². The topological polar surface area (TPSA) is 110 Å². The van der Waals surface area contributed by atoms with Gasteiger partial charge in [-0.2, -0.15) is 5.26 Å². The molecule has 3 rings (SSSR count). The minimum absolute atomic E-state index is 0.0842. The molecule has 2 aromatic carbocycles. The molecule has 0 aromatic heterocycles. The second-order valence-corrected chi connectivity index (χ2v) is 6.84. The maximum Gasteiger partial charge on any atom is 0.339 e. The Morgan fingerprint density at radius 1 is 1.16 bits per heavy atom. The highest BCUT2D eigenvalue weighted by atomic mass is 32.2. The number of hydrogen-bond acceptors (Lipinski definition) is 5. The maximum atomic E-state index is 14.1. The maximum absolute atomic E-state index is 14.1. The molecule has 25 heavy (non-hydrogen) atoms. The van der Waals surface area contributed by atoms with Gasteiger partial charge < -0.3 is 4.74 Å². The van der Waals surface area contributed by atoms with Gasteiger partial charge in [-0.1, -0.05) is 18.2 Å². The van der Waals surface area contributed by atoms with Gasteiger partial charge in [-0.05, 0) is 35.4 Å². The van der Waals surface area contributed by atoms with Gasteiger partial charge in [-0.3, -0.25) is 0 Å². The minimum Gasteiger partial charge on any atom is -0.457 e. The van der Waals surface area contributed by atoms with Crippen molar-refractivity contribution < 1.29 is 22.3 Å². The van der Waals surface area contributed by atoms with Crippen LogP contribution in [-0.4, -0.2) is 21.0 Å². The molecule has 0 bridgehead atoms. The highest BCUT2D eigenvalue weighted by Crippen LogP contribution is 2.34. The van der Waals surface area contributed by atoms with Gasteiger partial charge in [-0.15, -0.1) is 0 Å². The van der Waals surface area contributed by atoms with E-state index in [-0.39, 0.29) is 12.2 Å². The fourth-order valence-electron chi connectivity index (χ4n) is 2.59. The average molecular weight is 358 g/mol. The number of nitrogens with two attached hydrogens (primary N) is 1. The molecule has 6 nitrogen and oxygen atoms in total. The lowest BCUT2D eigenvalue weighted by Gasteiger charge is -2.07. The van der Waals surface area contributed by atoms with Crippen molar-refractivity contribution >= 4 is 27.1 Å². The van der Waals surface area contributed by atoms with E-state index in [4.69, 9.17) is 15.1 Å². The van der Waals surface area contributed by atoms with Crippen molar-refractivity contribution in [2.24, 2.45) is 5.14 Å². The van der Waals surface area contributed by atoms with Gasteiger partial charge in [-0.25, -0.2) is 22.7 Å². The van der Waals surface area contributed by atoms with Crippen molar-refractivity contribution in [2.75, 3.05) is 6.61 Å². The van der Waals surface area contributed by atoms with Crippen LogP contribution in [0.15, 0.2) is 47.4 Å². The zero-order valence-corrected chi connectivity index (χ0v) is 13.5. The van der Waals surface area contributed by atoms with Crippen molar-refractivity contribution in [1.82, 2.24) is 0 Å². The Balaban J connectivity index is 2.17. The fourth-order valence-corrected chi connectivity index (χ4v) is 3.18. The second kappa shape index (κ2) is 6.12. The number of sulfonamides is 1. The summed E-state index contributed by atoms with van der Waals surface area (Å²) in [5.74, 6) is -1.61. The van der Waals surface area contributed by atoms with Crippen molar-refractivity contribution in [3.05, 3.63) is 65.0 Å². The Morgan fingerprint density at radius 2 is 1.92 bits per heavy atom. The number of carbonyl (C=O) groups is 1. The smallest absolute Gasteiger partial charge is 0.339 e. The minimum atomic E-state index is -4.18. The van der Waals surface area contributed by atoms with Crippen LogP contribution in [0.4, 0.5) is 4.39 Å². The van der Waals surface area contributed by atoms with Gasteiger partial charge in [0.1, 0.15) is 17.3 Å². The van der Waals surface area contributed by atoms with Crippen LogP contribution in [0.2, 0.25) is 0 Å². The first-order chi connectivity index (χ1) is 11.8. The van der Waals surface area contributed by atoms with E-state index in [1.807, 2.05) is 6.07 Å². The zero-order chi connectivity index (χ0) is 18.2. The van der Waals surface area contributed by atoms with Crippen LogP contribution < -0.4 is 5.14 Å². The number of nitrogens with zero attached hydrogens (tertiary/aromatic N) is 1. The predicted octanol–water partition coefficient (Wildman–Crippen LogP) is 1.81. The lowest BCUT2D eigenvalue weighted by Crippen LogP contribution is -2.14. The van der Waals surface area contributed by atoms with E-state index in [0.29, 0.717) is 22.3 Å². The van der Waals surface area contributed by atoms with Crippen LogP contribution in [0.3, 0.4) is 0 Å². The zero-order valence-electron chi connectivity index (χ0n) is 12.7. The van der Waals surface area contributed by atoms with E-state index in [1.54, 1.807) is 18.2 Å². The molecule has 0 amide bonds. The molecule has 0 radical (unpaired) electrons. The summed E-state index contributed by atoms with van der Waals surface area (Å²) in [7, 11) is -4.18. The van der Waals surface area contributed by atoms with Crippen molar-refractivity contribution in [3.8, 4) is 6.07 Å². The third-order valence-electron chi connectivity index (χ3n) is 3.72. The molecule has 0 aliphatic carbocycles. The van der Waals surface area contributed by atoms with Crippen LogP contribution in [0.25, 0.3) is 11.1 Å². The quantitative estimate of drug-likeness (QED) is 0.842. The van der Waals surface area contributed by atoms with Crippen molar-refractivity contribution in [3.63, 3.8) is 0 Å². The van der Waals surface area contributed by atoms with Crippen LogP contribution >= 0.6 is 0 Å². The first-order valence-corrected chi connectivity index (χ1v) is 8.59. The standard InChI is InChI=1S/C17H11FN2O4S/c18-14-7-11(4-5-15(14)25(20,22)23)13-9-24-17(21)16(13)12-3-1-2-10(6-12)8-19/h1-7H,9H2,(H2,20,22,23). The molecule has 0 fully saturated rings. The van der Waals surface area contributed by atoms with Gasteiger partial charge in [0.15, 0.2) is 0 Å². The molecule has 1 heterocycles. The van der Waals surface area contributed by atoms with E-state index < -0.39 is 26.7 Å². The lowest BCUT2D eigenvalue weighted by atomic mass is 9.95. The van der Waals surface area contributed by atoms with Crippen molar-refractivity contribution in [2.45, 2.75) is 4.90 Å². The average Bonchev–Trinajstić information content (AvgIpc) is 2.95. The van der Waals surface area contributed by atoms with Gasteiger partial charge in [0, 0.05) is 5.57 Å². The molecule has 0 spiro atoms. The number of rotatable bonds is 3. The predicted molar refractivity (Wildman–Crippen MR) is 86.7 cm³/mol. The van der Waals surface area contributed by atoms with Crippen molar-refractivity contribution in [1.29, 1.82) is 5.26 Å². The van der Waals surface area contributed by atoms with Gasteiger partial charge >= 0.3 is 5.97 Å². The number of cyclic esters (lactones) is 1. The summed E-state index contributed by atoms with van der Waals surface area (Å²) in [5.41, 5.74) is 1.74. The van der Waals surface area contributed by atoms with E-state index in [9.17, 15) is 17.6 Å². The lowest BCUT2D eigenvalue weighted by molar-refractivity contribution is -0.133. The molecule has 0 saturated heterocycles. The third-order valence-corrected chi connectivity index (χ3v) is 4.66. The number of ether oxygens (including phenoxy) is 1. The van der Waals surface area contributed by atoms with Crippen LogP contribution in [0, 0.1) is 17.1 Å². The summed E-state index contributed by atoms with van der Waals surface area (Å²) in [6, 6.07) is 11.7. The molecule has 0 saturated carbocycles. The normalized spacial score (nSPS) is 14.4. The van der Waals surface area contributed by atoms with E-state index >= 15 is 0 Å². The summed E-state index contributed by atoms with van der Waals surface area (Å²) >= 11 is 0. The highest BCUT2D eigenvalue weighted by molar-refractivity contribution is 7.89. The monoisotopic (exact) mass is 358 g/mol. The summed E-state index contributed by atoms with van der Waals surface area (Å²) in [6.07, 6.45) is 0. The molecule has 1 aliphatic rings. The van der Waals surface area contributed by atoms with Crippen LogP contribution in [-0.2, 0) is 19.6 Å². The highest BCUT2D eigenvalue weighted by Gasteiger charge is 2.28. The van der Waals surface area contributed by atoms with E-state index in [0.717, 1.165) is 12.1 Å². The first kappa shape index (κ1) is 16.8. The Morgan fingerprint density at radius 3 is 2.56 bits per heavy atom. The molecule has 0 atom stereocenters. The number of carbonyl (C=O) groups excluding carboxylic acids is 1. The third kappa shape index (κ3) is 3.15. The number of primary sulfonamides is 1. The number of esters is 1. The summed E-state index contributed by atoms with van der Waals surface area (Å²) in [6.45, 7) is -0.0842. The Bertz CT molecular complexity index is 1070. The molecule has 1 aliphatic heterocycles. The van der Waals surface area contributed by atoms with E-state index in [2.05, 4.69) is 0 Å².